The molecule has 0 spiro atoms. The van der Waals surface area contributed by atoms with E-state index in [1.165, 1.54) is 0 Å². The second-order valence-corrected chi connectivity index (χ2v) is 6.58. The van der Waals surface area contributed by atoms with Gasteiger partial charge in [-0.25, -0.2) is 0 Å². The molecule has 4 nitrogen and oxygen atoms in total. The molecule has 0 N–H and O–H groups in total. The smallest absolute Gasteiger partial charge is 0.211 e. The number of hydrogen-bond acceptors (Lipinski definition) is 4. The Morgan fingerprint density at radius 3 is 2.62 bits per heavy atom. The van der Waals surface area contributed by atoms with E-state index < -0.39 is 0 Å². The van der Waals surface area contributed by atoms with Crippen LogP contribution in [0.25, 0.3) is 0 Å². The molecule has 0 bridgehead atoms. The van der Waals surface area contributed by atoms with E-state index >= 15 is 0 Å². The summed E-state index contributed by atoms with van der Waals surface area (Å²) in [6, 6.07) is 17.9. The van der Waals surface area contributed by atoms with E-state index in [1.54, 1.807) is 17.6 Å². The highest BCUT2D eigenvalue weighted by Crippen LogP contribution is 2.13. The lowest BCUT2D eigenvalue weighted by atomic mass is 10.2. The highest BCUT2D eigenvalue weighted by Gasteiger charge is 1.98. The quantitative estimate of drug-likeness (QED) is 0.345. The van der Waals surface area contributed by atoms with E-state index in [-0.39, 0.29) is 0 Å². The first-order valence-corrected chi connectivity index (χ1v) is 9.24. The molecule has 0 atom stereocenters. The van der Waals surface area contributed by atoms with Crippen LogP contribution in [0.3, 0.4) is 0 Å². The molecule has 0 radical (unpaired) electrons. The zero-order valence-corrected chi connectivity index (χ0v) is 15.5. The topological polar surface area (TPSA) is 38.9 Å². The van der Waals surface area contributed by atoms with E-state index in [0.29, 0.717) is 6.61 Å². The molecule has 3 aromatic rings. The van der Waals surface area contributed by atoms with Crippen LogP contribution in [0.15, 0.2) is 82.8 Å². The highest BCUT2D eigenvalue weighted by atomic mass is 32.1. The van der Waals surface area contributed by atoms with Crippen molar-refractivity contribution >= 4 is 17.6 Å². The van der Waals surface area contributed by atoms with Gasteiger partial charge in [0.1, 0.15) is 12.4 Å². The zero-order chi connectivity index (χ0) is 18.2. The molecule has 3 rings (SSSR count). The lowest BCUT2D eigenvalue weighted by Crippen LogP contribution is -2.14. The molecule has 1 heterocycles. The summed E-state index contributed by atoms with van der Waals surface area (Å²) in [6.45, 7) is 7.13. The Morgan fingerprint density at radius 1 is 1.12 bits per heavy atom. The van der Waals surface area contributed by atoms with Crippen LogP contribution in [0.2, 0.25) is 0 Å². The first-order chi connectivity index (χ1) is 12.8. The van der Waals surface area contributed by atoms with Gasteiger partial charge < -0.3 is 9.30 Å². The zero-order valence-electron chi connectivity index (χ0n) is 14.7. The van der Waals surface area contributed by atoms with E-state index in [9.17, 15) is 0 Å². The second-order valence-electron chi connectivity index (χ2n) is 5.75. The monoisotopic (exact) mass is 363 g/mol. The van der Waals surface area contributed by atoms with Crippen LogP contribution in [0.4, 0.5) is 0 Å². The summed E-state index contributed by atoms with van der Waals surface area (Å²) in [4.78, 5) is 0.862. The van der Waals surface area contributed by atoms with Gasteiger partial charge in [-0.2, -0.15) is 5.10 Å². The van der Waals surface area contributed by atoms with Crippen LogP contribution >= 0.6 is 11.3 Å². The fraction of sp³-hybridized carbons (Fsp3) is 0.143. The van der Waals surface area contributed by atoms with Crippen molar-refractivity contribution in [3.8, 4) is 5.75 Å². The lowest BCUT2D eigenvalue weighted by molar-refractivity contribution is 0.306. The Labute approximate surface area is 157 Å². The minimum atomic E-state index is 0.560. The van der Waals surface area contributed by atoms with Gasteiger partial charge in [0, 0.05) is 17.6 Å². The van der Waals surface area contributed by atoms with Gasteiger partial charge in [-0.1, -0.05) is 36.4 Å². The van der Waals surface area contributed by atoms with Crippen molar-refractivity contribution in [3.63, 3.8) is 0 Å². The minimum Gasteiger partial charge on any atom is -0.489 e. The predicted molar refractivity (Wildman–Crippen MR) is 108 cm³/mol. The first-order valence-electron chi connectivity index (χ1n) is 8.36. The molecule has 1 aromatic heterocycles. The highest BCUT2D eigenvalue weighted by molar-refractivity contribution is 7.07. The molecule has 26 heavy (non-hydrogen) atoms. The summed E-state index contributed by atoms with van der Waals surface area (Å²) in [5.74, 6) is 0.834. The third kappa shape index (κ3) is 4.80. The lowest BCUT2D eigenvalue weighted by Gasteiger charge is -2.06. The van der Waals surface area contributed by atoms with Crippen LogP contribution in [0, 0.1) is 6.92 Å². The molecule has 0 fully saturated rings. The van der Waals surface area contributed by atoms with E-state index in [4.69, 9.17) is 4.74 Å². The summed E-state index contributed by atoms with van der Waals surface area (Å²) < 4.78 is 7.87. The predicted octanol–water partition coefficient (Wildman–Crippen LogP) is 4.56. The maximum Gasteiger partial charge on any atom is 0.211 e. The molecular weight excluding hydrogens is 342 g/mol. The van der Waals surface area contributed by atoms with Crippen molar-refractivity contribution in [1.82, 2.24) is 4.57 Å². The van der Waals surface area contributed by atoms with Gasteiger partial charge in [0.2, 0.25) is 4.80 Å². The van der Waals surface area contributed by atoms with Gasteiger partial charge in [-0.05, 0) is 42.3 Å². The number of aromatic nitrogens is 1. The number of hydrogen-bond donors (Lipinski definition) is 0. The van der Waals surface area contributed by atoms with Gasteiger partial charge in [0.15, 0.2) is 0 Å². The number of thiazole rings is 1. The molecule has 132 valence electrons. The maximum absolute atomic E-state index is 5.79. The average molecular weight is 363 g/mol. The van der Waals surface area contributed by atoms with Crippen molar-refractivity contribution in [3.05, 3.63) is 94.3 Å². The molecule has 2 aromatic carbocycles. The third-order valence-corrected chi connectivity index (χ3v) is 4.75. The van der Waals surface area contributed by atoms with E-state index in [1.807, 2.05) is 60.7 Å². The number of ether oxygens (including phenoxy) is 1. The summed E-state index contributed by atoms with van der Waals surface area (Å²) >= 11 is 1.57. The van der Waals surface area contributed by atoms with Crippen molar-refractivity contribution < 1.29 is 4.74 Å². The first kappa shape index (κ1) is 17.9. The number of allylic oxidation sites excluding steroid dienone is 1. The second kappa shape index (κ2) is 8.97. The number of nitrogens with zero attached hydrogens (tertiary/aromatic N) is 3. The van der Waals surface area contributed by atoms with Crippen LogP contribution in [0.5, 0.6) is 5.75 Å². The van der Waals surface area contributed by atoms with Gasteiger partial charge in [-0.3, -0.25) is 0 Å². The Kier molecular flexibility index (Phi) is 6.17. The number of aryl methyl sites for hydroxylation is 1. The Morgan fingerprint density at radius 2 is 1.88 bits per heavy atom. The number of benzene rings is 2. The summed E-state index contributed by atoms with van der Waals surface area (Å²) in [7, 11) is 0. The van der Waals surface area contributed by atoms with Crippen LogP contribution < -0.4 is 9.54 Å². The van der Waals surface area contributed by atoms with Crippen LogP contribution in [-0.2, 0) is 13.2 Å². The SMILES string of the molecule is C=CCn1c(C)cs/c1=N\N=C/c1ccc(OCc2ccccc2)cc1. The Bertz CT molecular complexity index is 937. The fourth-order valence-corrected chi connectivity index (χ4v) is 3.22. The molecule has 5 heteroatoms. The van der Waals surface area contributed by atoms with Crippen molar-refractivity contribution in [2.45, 2.75) is 20.1 Å². The normalized spacial score (nSPS) is 11.8. The van der Waals surface area contributed by atoms with Gasteiger partial charge in [0.05, 0.1) is 6.21 Å². The summed E-state index contributed by atoms with van der Waals surface area (Å²) in [5, 5.41) is 10.6. The van der Waals surface area contributed by atoms with Gasteiger partial charge >= 0.3 is 0 Å². The minimum absolute atomic E-state index is 0.560. The molecular formula is C21H21N3OS. The van der Waals surface area contributed by atoms with Gasteiger partial charge in [0.25, 0.3) is 0 Å². The molecule has 0 aliphatic rings. The third-order valence-electron chi connectivity index (χ3n) is 3.78. The molecule has 0 saturated carbocycles. The largest absolute Gasteiger partial charge is 0.489 e. The summed E-state index contributed by atoms with van der Waals surface area (Å²) in [5.41, 5.74) is 3.28. The van der Waals surface area contributed by atoms with Crippen molar-refractivity contribution in [2.24, 2.45) is 10.2 Å². The molecule has 0 saturated heterocycles. The Hall–Kier alpha value is -2.92. The maximum atomic E-state index is 5.79. The molecule has 0 unspecified atom stereocenters. The molecule has 0 amide bonds. The Balaban J connectivity index is 1.63. The van der Waals surface area contributed by atoms with Crippen molar-refractivity contribution in [2.75, 3.05) is 0 Å². The number of rotatable bonds is 7. The standard InChI is InChI=1S/C21H21N3OS/c1-3-13-24-17(2)16-26-21(24)23-22-14-18-9-11-20(12-10-18)25-15-19-7-5-4-6-8-19/h3-12,14,16H,1,13,15H2,2H3/b22-14-,23-21-. The van der Waals surface area contributed by atoms with Crippen LogP contribution in [-0.4, -0.2) is 10.8 Å². The van der Waals surface area contributed by atoms with Gasteiger partial charge in [-0.15, -0.1) is 23.0 Å². The van der Waals surface area contributed by atoms with E-state index in [0.717, 1.165) is 33.9 Å². The molecule has 0 aliphatic carbocycles. The average Bonchev–Trinajstić information content (AvgIpc) is 3.02. The van der Waals surface area contributed by atoms with E-state index in [2.05, 4.69) is 33.7 Å². The van der Waals surface area contributed by atoms with Crippen LogP contribution in [0.1, 0.15) is 16.8 Å². The van der Waals surface area contributed by atoms with Crippen molar-refractivity contribution in [1.29, 1.82) is 0 Å². The fourth-order valence-electron chi connectivity index (χ4n) is 2.38. The summed E-state index contributed by atoms with van der Waals surface area (Å²) in [6.07, 6.45) is 3.60. The molecule has 0 aliphatic heterocycles.